The van der Waals surface area contributed by atoms with Gasteiger partial charge < -0.3 is 10.6 Å². The maximum absolute atomic E-state index is 11.7. The van der Waals surface area contributed by atoms with Crippen LogP contribution in [0.2, 0.25) is 0 Å². The van der Waals surface area contributed by atoms with Crippen molar-refractivity contribution in [3.8, 4) is 0 Å². The molecule has 0 unspecified atom stereocenters. The Labute approximate surface area is 115 Å². The van der Waals surface area contributed by atoms with E-state index >= 15 is 0 Å². The number of aryl methyl sites for hydroxylation is 2. The topological polar surface area (TPSA) is 59.0 Å². The van der Waals surface area contributed by atoms with Gasteiger partial charge >= 0.3 is 0 Å². The third kappa shape index (κ3) is 4.35. The molecule has 0 saturated carbocycles. The fourth-order valence-electron chi connectivity index (χ4n) is 2.15. The van der Waals surface area contributed by atoms with Gasteiger partial charge in [0.05, 0.1) is 12.2 Å². The van der Waals surface area contributed by atoms with Gasteiger partial charge in [0.2, 0.25) is 5.91 Å². The lowest BCUT2D eigenvalue weighted by Crippen LogP contribution is -2.39. The van der Waals surface area contributed by atoms with E-state index in [1.54, 1.807) is 0 Å². The molecule has 1 amide bonds. The van der Waals surface area contributed by atoms with Gasteiger partial charge in [-0.2, -0.15) is 5.10 Å². The summed E-state index contributed by atoms with van der Waals surface area (Å²) in [6.45, 7) is 9.25. The maximum atomic E-state index is 11.7. The molecule has 19 heavy (non-hydrogen) atoms. The molecule has 0 aliphatic rings. The van der Waals surface area contributed by atoms with Crippen LogP contribution in [0.3, 0.4) is 0 Å². The lowest BCUT2D eigenvalue weighted by molar-refractivity contribution is -0.121. The number of hydrogen-bond acceptors (Lipinski definition) is 3. The van der Waals surface area contributed by atoms with Crippen molar-refractivity contribution < 1.29 is 4.79 Å². The number of hydrogen-bond donors (Lipinski definition) is 2. The Bertz CT molecular complexity index is 421. The highest BCUT2D eigenvalue weighted by Gasteiger charge is 2.11. The van der Waals surface area contributed by atoms with E-state index in [-0.39, 0.29) is 11.9 Å². The largest absolute Gasteiger partial charge is 0.352 e. The lowest BCUT2D eigenvalue weighted by atomic mass is 10.2. The van der Waals surface area contributed by atoms with E-state index in [0.717, 1.165) is 24.2 Å². The molecule has 0 bridgehead atoms. The Morgan fingerprint density at radius 2 is 1.95 bits per heavy atom. The molecule has 2 N–H and O–H groups in total. The summed E-state index contributed by atoms with van der Waals surface area (Å²) in [5, 5.41) is 10.6. The summed E-state index contributed by atoms with van der Waals surface area (Å²) >= 11 is 0. The summed E-state index contributed by atoms with van der Waals surface area (Å²) in [6, 6.07) is 0.288. The minimum atomic E-state index is 0.0629. The van der Waals surface area contributed by atoms with Crippen molar-refractivity contribution in [2.24, 2.45) is 7.05 Å². The average molecular weight is 266 g/mol. The molecule has 1 aromatic heterocycles. The number of nitrogens with one attached hydrogen (secondary N) is 2. The second kappa shape index (κ2) is 7.28. The molecule has 0 aromatic carbocycles. The molecule has 1 rings (SSSR count). The summed E-state index contributed by atoms with van der Waals surface area (Å²) in [7, 11) is 1.94. The zero-order valence-electron chi connectivity index (χ0n) is 12.7. The molecule has 0 atom stereocenters. The second-order valence-corrected chi connectivity index (χ2v) is 4.96. The van der Waals surface area contributed by atoms with Gasteiger partial charge in [-0.15, -0.1) is 0 Å². The number of carbonyl (C=O) groups excluding carboxylic acids is 1. The Morgan fingerprint density at radius 3 is 2.42 bits per heavy atom. The summed E-state index contributed by atoms with van der Waals surface area (Å²) in [5.74, 6) is 0.0629. The first-order valence-corrected chi connectivity index (χ1v) is 6.98. The molecule has 1 aromatic rings. The van der Waals surface area contributed by atoms with Crippen molar-refractivity contribution in [1.82, 2.24) is 20.4 Å². The van der Waals surface area contributed by atoms with Crippen LogP contribution < -0.4 is 10.6 Å². The lowest BCUT2D eigenvalue weighted by Gasteiger charge is -2.15. The quantitative estimate of drug-likeness (QED) is 0.785. The van der Waals surface area contributed by atoms with E-state index in [1.165, 1.54) is 5.56 Å². The van der Waals surface area contributed by atoms with Crippen molar-refractivity contribution in [2.45, 2.75) is 53.1 Å². The van der Waals surface area contributed by atoms with Crippen LogP contribution in [0.4, 0.5) is 0 Å². The van der Waals surface area contributed by atoms with Crippen molar-refractivity contribution >= 4 is 5.91 Å². The van der Waals surface area contributed by atoms with Crippen LogP contribution in [0.25, 0.3) is 0 Å². The molecule has 0 spiro atoms. The van der Waals surface area contributed by atoms with Crippen molar-refractivity contribution in [1.29, 1.82) is 0 Å². The minimum Gasteiger partial charge on any atom is -0.352 e. The van der Waals surface area contributed by atoms with Crippen LogP contribution in [0, 0.1) is 13.8 Å². The monoisotopic (exact) mass is 266 g/mol. The van der Waals surface area contributed by atoms with Gasteiger partial charge in [-0.3, -0.25) is 9.48 Å². The number of carbonyl (C=O) groups is 1. The number of rotatable bonds is 7. The number of amides is 1. The normalized spacial score (nSPS) is 11.1. The summed E-state index contributed by atoms with van der Waals surface area (Å²) in [4.78, 5) is 11.7. The molecule has 1 heterocycles. The summed E-state index contributed by atoms with van der Waals surface area (Å²) in [6.07, 6.45) is 1.95. The van der Waals surface area contributed by atoms with Gasteiger partial charge in [-0.1, -0.05) is 13.8 Å². The highest BCUT2D eigenvalue weighted by Crippen LogP contribution is 2.10. The summed E-state index contributed by atoms with van der Waals surface area (Å²) < 4.78 is 1.87. The predicted octanol–water partition coefficient (Wildman–Crippen LogP) is 1.43. The third-order valence-electron chi connectivity index (χ3n) is 3.60. The molecular formula is C14H26N4O. The van der Waals surface area contributed by atoms with Crippen LogP contribution in [-0.2, 0) is 18.4 Å². The molecule has 0 aliphatic carbocycles. The van der Waals surface area contributed by atoms with E-state index < -0.39 is 0 Å². The molecule has 0 aliphatic heterocycles. The molecular weight excluding hydrogens is 240 g/mol. The van der Waals surface area contributed by atoms with E-state index in [2.05, 4.69) is 29.6 Å². The smallest absolute Gasteiger partial charge is 0.234 e. The highest BCUT2D eigenvalue weighted by atomic mass is 16.1. The van der Waals surface area contributed by atoms with Crippen molar-refractivity contribution in [3.05, 3.63) is 17.0 Å². The third-order valence-corrected chi connectivity index (χ3v) is 3.60. The second-order valence-electron chi connectivity index (χ2n) is 4.96. The molecule has 108 valence electrons. The highest BCUT2D eigenvalue weighted by molar-refractivity contribution is 5.78. The van der Waals surface area contributed by atoms with Crippen LogP contribution in [0.1, 0.15) is 43.6 Å². The SMILES string of the molecule is CCC(CC)NC(=O)CNCc1c(C)nn(C)c1C. The van der Waals surface area contributed by atoms with Crippen LogP contribution in [-0.4, -0.2) is 28.3 Å². The number of nitrogens with zero attached hydrogens (tertiary/aromatic N) is 2. The summed E-state index contributed by atoms with van der Waals surface area (Å²) in [5.41, 5.74) is 3.34. The van der Waals surface area contributed by atoms with Gasteiger partial charge in [0.15, 0.2) is 0 Å². The molecule has 0 saturated heterocycles. The van der Waals surface area contributed by atoms with Gasteiger partial charge in [-0.25, -0.2) is 0 Å². The van der Waals surface area contributed by atoms with Crippen molar-refractivity contribution in [2.75, 3.05) is 6.54 Å². The van der Waals surface area contributed by atoms with E-state index in [4.69, 9.17) is 0 Å². The van der Waals surface area contributed by atoms with Crippen molar-refractivity contribution in [3.63, 3.8) is 0 Å². The Balaban J connectivity index is 2.40. The fourth-order valence-corrected chi connectivity index (χ4v) is 2.15. The van der Waals surface area contributed by atoms with Gasteiger partial charge in [-0.05, 0) is 26.7 Å². The standard InChI is InChI=1S/C14H26N4O/c1-6-12(7-2)16-14(19)9-15-8-13-10(3)17-18(5)11(13)4/h12,15H,6-9H2,1-5H3,(H,16,19). The Hall–Kier alpha value is -1.36. The minimum absolute atomic E-state index is 0.0629. The van der Waals surface area contributed by atoms with E-state index in [9.17, 15) is 4.79 Å². The zero-order valence-corrected chi connectivity index (χ0v) is 12.7. The maximum Gasteiger partial charge on any atom is 0.234 e. The zero-order chi connectivity index (χ0) is 14.4. The van der Waals surface area contributed by atoms with Gasteiger partial charge in [0.1, 0.15) is 0 Å². The van der Waals surface area contributed by atoms with E-state index in [1.807, 2.05) is 25.6 Å². The first kappa shape index (κ1) is 15.7. The van der Waals surface area contributed by atoms with E-state index in [0.29, 0.717) is 13.1 Å². The Morgan fingerprint density at radius 1 is 1.32 bits per heavy atom. The van der Waals surface area contributed by atoms with Crippen LogP contribution in [0.15, 0.2) is 0 Å². The van der Waals surface area contributed by atoms with Gasteiger partial charge in [0, 0.05) is 30.9 Å². The molecule has 5 nitrogen and oxygen atoms in total. The van der Waals surface area contributed by atoms with Crippen LogP contribution in [0.5, 0.6) is 0 Å². The molecule has 5 heteroatoms. The average Bonchev–Trinajstić information content (AvgIpc) is 2.62. The van der Waals surface area contributed by atoms with Crippen LogP contribution >= 0.6 is 0 Å². The number of aromatic nitrogens is 2. The fraction of sp³-hybridized carbons (Fsp3) is 0.714. The molecule has 0 radical (unpaired) electrons. The predicted molar refractivity (Wildman–Crippen MR) is 76.9 cm³/mol. The molecule has 0 fully saturated rings. The first-order chi connectivity index (χ1) is 8.99. The van der Waals surface area contributed by atoms with Gasteiger partial charge in [0.25, 0.3) is 0 Å². The first-order valence-electron chi connectivity index (χ1n) is 6.98. The Kier molecular flexibility index (Phi) is 6.02.